The maximum atomic E-state index is 6.32. The molecule has 0 amide bonds. The number of para-hydroxylation sites is 1. The zero-order valence-corrected chi connectivity index (χ0v) is 27.7. The molecule has 51 heavy (non-hydrogen) atoms. The van der Waals surface area contributed by atoms with Crippen LogP contribution in [0.5, 0.6) is 0 Å². The Bertz CT molecular complexity index is 2850. The predicted molar refractivity (Wildman–Crippen MR) is 209 cm³/mol. The van der Waals surface area contributed by atoms with Crippen LogP contribution in [0, 0.1) is 0 Å². The first-order valence-corrected chi connectivity index (χ1v) is 17.4. The van der Waals surface area contributed by atoms with E-state index in [0.717, 1.165) is 72.6 Å². The van der Waals surface area contributed by atoms with E-state index in [0.29, 0.717) is 11.6 Å². The summed E-state index contributed by atoms with van der Waals surface area (Å²) in [5.74, 6) is 2.09. The smallest absolute Gasteiger partial charge is 0.163 e. The van der Waals surface area contributed by atoms with Crippen LogP contribution in [0.25, 0.3) is 83.0 Å². The fourth-order valence-corrected chi connectivity index (χ4v) is 7.53. The van der Waals surface area contributed by atoms with Crippen molar-refractivity contribution in [1.29, 1.82) is 0 Å². The number of rotatable bonds is 5. The van der Waals surface area contributed by atoms with Crippen molar-refractivity contribution < 1.29 is 4.42 Å². The van der Waals surface area contributed by atoms with E-state index in [-0.39, 0.29) is 5.92 Å². The number of hydrogen-bond acceptors (Lipinski definition) is 4. The van der Waals surface area contributed by atoms with Crippen LogP contribution < -0.4 is 0 Å². The van der Waals surface area contributed by atoms with E-state index in [1.165, 1.54) is 16.5 Å². The second-order valence-corrected chi connectivity index (χ2v) is 13.2. The fourth-order valence-electron chi connectivity index (χ4n) is 7.53. The van der Waals surface area contributed by atoms with Gasteiger partial charge in [0.15, 0.2) is 11.6 Å². The van der Waals surface area contributed by atoms with Crippen molar-refractivity contribution in [2.24, 2.45) is 0 Å². The Labute approximate surface area is 295 Å². The van der Waals surface area contributed by atoms with E-state index in [4.69, 9.17) is 19.4 Å². The number of fused-ring (bicyclic) bond motifs is 5. The van der Waals surface area contributed by atoms with Gasteiger partial charge in [-0.2, -0.15) is 0 Å². The van der Waals surface area contributed by atoms with Crippen molar-refractivity contribution >= 4 is 49.1 Å². The molecule has 0 radical (unpaired) electrons. The normalized spacial score (nSPS) is 14.4. The first-order chi connectivity index (χ1) is 25.2. The summed E-state index contributed by atoms with van der Waals surface area (Å²) >= 11 is 0. The van der Waals surface area contributed by atoms with Gasteiger partial charge in [-0.05, 0) is 80.6 Å². The third kappa shape index (κ3) is 5.20. The van der Waals surface area contributed by atoms with Gasteiger partial charge < -0.3 is 4.42 Å². The molecule has 1 aliphatic carbocycles. The minimum Gasteiger partial charge on any atom is -0.456 e. The number of aromatic nitrogens is 3. The quantitative estimate of drug-likeness (QED) is 0.185. The number of benzene rings is 7. The van der Waals surface area contributed by atoms with Gasteiger partial charge in [0.05, 0.1) is 0 Å². The van der Waals surface area contributed by atoms with Crippen molar-refractivity contribution in [3.63, 3.8) is 0 Å². The Morgan fingerprint density at radius 2 is 1.20 bits per heavy atom. The van der Waals surface area contributed by atoms with Crippen LogP contribution in [0.3, 0.4) is 0 Å². The van der Waals surface area contributed by atoms with E-state index in [1.54, 1.807) is 0 Å². The summed E-state index contributed by atoms with van der Waals surface area (Å²) in [6.45, 7) is 0. The highest BCUT2D eigenvalue weighted by Gasteiger charge is 2.22. The molecule has 0 aliphatic heterocycles. The second kappa shape index (κ2) is 12.0. The van der Waals surface area contributed by atoms with E-state index >= 15 is 0 Å². The molecule has 1 unspecified atom stereocenters. The highest BCUT2D eigenvalue weighted by atomic mass is 16.3. The molecule has 9 aromatic rings. The SMILES string of the molecule is C1=CC(c2nc(-c3ccc4ccccc4c3)nc(-c3cc(-c4cccc5oc6ccccc6c45)c4ccccc4c3)n2)CC(c2ccccc2)=C1. The Kier molecular flexibility index (Phi) is 6.91. The highest BCUT2D eigenvalue weighted by molar-refractivity contribution is 6.15. The van der Waals surface area contributed by atoms with E-state index in [1.807, 2.05) is 12.1 Å². The lowest BCUT2D eigenvalue weighted by Crippen LogP contribution is -2.09. The van der Waals surface area contributed by atoms with Gasteiger partial charge in [-0.15, -0.1) is 0 Å². The maximum Gasteiger partial charge on any atom is 0.163 e. The molecular weight excluding hydrogens is 623 g/mol. The third-order valence-corrected chi connectivity index (χ3v) is 10.0. The summed E-state index contributed by atoms with van der Waals surface area (Å²) in [4.78, 5) is 15.7. The zero-order valence-electron chi connectivity index (χ0n) is 27.7. The molecule has 2 heterocycles. The molecule has 4 heteroatoms. The Morgan fingerprint density at radius 3 is 2.08 bits per heavy atom. The monoisotopic (exact) mass is 653 g/mol. The minimum absolute atomic E-state index is 0.00266. The van der Waals surface area contributed by atoms with Crippen molar-refractivity contribution in [2.75, 3.05) is 0 Å². The van der Waals surface area contributed by atoms with Crippen LogP contribution in [0.2, 0.25) is 0 Å². The number of allylic oxidation sites excluding steroid dienone is 4. The summed E-state index contributed by atoms with van der Waals surface area (Å²) in [6.07, 6.45) is 7.36. The lowest BCUT2D eigenvalue weighted by atomic mass is 9.89. The van der Waals surface area contributed by atoms with Gasteiger partial charge in [-0.25, -0.2) is 15.0 Å². The van der Waals surface area contributed by atoms with Crippen molar-refractivity contribution in [1.82, 2.24) is 15.0 Å². The average molecular weight is 654 g/mol. The molecule has 1 atom stereocenters. The molecule has 240 valence electrons. The first kappa shape index (κ1) is 29.3. The molecule has 7 aromatic carbocycles. The molecule has 0 saturated heterocycles. The Balaban J connectivity index is 1.18. The first-order valence-electron chi connectivity index (χ1n) is 17.4. The summed E-state index contributed by atoms with van der Waals surface area (Å²) < 4.78 is 6.32. The van der Waals surface area contributed by atoms with E-state index in [9.17, 15) is 0 Å². The second-order valence-electron chi connectivity index (χ2n) is 13.2. The molecule has 0 N–H and O–H groups in total. The largest absolute Gasteiger partial charge is 0.456 e. The molecule has 10 rings (SSSR count). The summed E-state index contributed by atoms with van der Waals surface area (Å²) in [5.41, 5.74) is 8.38. The van der Waals surface area contributed by atoms with Gasteiger partial charge in [0.25, 0.3) is 0 Å². The van der Waals surface area contributed by atoms with Crippen molar-refractivity contribution in [2.45, 2.75) is 12.3 Å². The van der Waals surface area contributed by atoms with Gasteiger partial charge >= 0.3 is 0 Å². The van der Waals surface area contributed by atoms with Crippen LogP contribution in [0.1, 0.15) is 23.7 Å². The van der Waals surface area contributed by atoms with Crippen LogP contribution in [0.4, 0.5) is 0 Å². The van der Waals surface area contributed by atoms with Gasteiger partial charge in [0, 0.05) is 27.8 Å². The standard InChI is InChI=1S/C47H31N3O/c1-2-12-30(13-3-1)33-17-10-18-35(26-33)45-48-46(36-25-24-31-14-4-5-15-32(31)27-36)50-47(49-45)37-28-34-16-6-7-19-38(34)41(29-37)39-21-11-23-43-44(39)40-20-8-9-22-42(40)51-43/h1-25,27-29,35H,26H2. The number of furan rings is 1. The Morgan fingerprint density at radius 1 is 0.490 bits per heavy atom. The van der Waals surface area contributed by atoms with Gasteiger partial charge in [0.2, 0.25) is 0 Å². The van der Waals surface area contributed by atoms with Gasteiger partial charge in [0.1, 0.15) is 17.0 Å². The third-order valence-electron chi connectivity index (χ3n) is 10.0. The highest BCUT2D eigenvalue weighted by Crippen LogP contribution is 2.41. The van der Waals surface area contributed by atoms with Crippen molar-refractivity contribution in [3.05, 3.63) is 181 Å². The predicted octanol–water partition coefficient (Wildman–Crippen LogP) is 12.2. The number of hydrogen-bond donors (Lipinski definition) is 0. The van der Waals surface area contributed by atoms with E-state index < -0.39 is 0 Å². The van der Waals surface area contributed by atoms with E-state index in [2.05, 4.69) is 158 Å². The van der Waals surface area contributed by atoms with Crippen LogP contribution in [-0.2, 0) is 0 Å². The fraction of sp³-hybridized carbons (Fsp3) is 0.0426. The zero-order chi connectivity index (χ0) is 33.7. The van der Waals surface area contributed by atoms with Gasteiger partial charge in [-0.3, -0.25) is 0 Å². The number of nitrogens with zero attached hydrogens (tertiary/aromatic N) is 3. The van der Waals surface area contributed by atoms with Crippen LogP contribution >= 0.6 is 0 Å². The maximum absolute atomic E-state index is 6.32. The molecular formula is C47H31N3O. The Hall–Kier alpha value is -6.65. The molecule has 4 nitrogen and oxygen atoms in total. The summed E-state index contributed by atoms with van der Waals surface area (Å²) in [7, 11) is 0. The minimum atomic E-state index is -0.00266. The summed E-state index contributed by atoms with van der Waals surface area (Å²) in [6, 6.07) is 53.0. The topological polar surface area (TPSA) is 51.8 Å². The van der Waals surface area contributed by atoms with Crippen LogP contribution in [-0.4, -0.2) is 15.0 Å². The molecule has 1 aliphatic rings. The van der Waals surface area contributed by atoms with Crippen molar-refractivity contribution in [3.8, 4) is 33.9 Å². The van der Waals surface area contributed by atoms with Gasteiger partial charge in [-0.1, -0.05) is 140 Å². The molecule has 0 bridgehead atoms. The molecule has 2 aromatic heterocycles. The molecule has 0 spiro atoms. The average Bonchev–Trinajstić information content (AvgIpc) is 3.60. The van der Waals surface area contributed by atoms with Crippen LogP contribution in [0.15, 0.2) is 174 Å². The lowest BCUT2D eigenvalue weighted by Gasteiger charge is -2.19. The molecule has 0 fully saturated rings. The summed E-state index contributed by atoms with van der Waals surface area (Å²) in [5, 5.41) is 6.83. The molecule has 0 saturated carbocycles. The lowest BCUT2D eigenvalue weighted by molar-refractivity contribution is 0.669.